The van der Waals surface area contributed by atoms with Crippen molar-refractivity contribution in [2.45, 2.75) is 33.1 Å². The topological polar surface area (TPSA) is 18.5 Å². The summed E-state index contributed by atoms with van der Waals surface area (Å²) in [4.78, 5) is 0. The van der Waals surface area contributed by atoms with Gasteiger partial charge in [-0.2, -0.15) is 0 Å². The molecule has 0 heterocycles. The van der Waals surface area contributed by atoms with Crippen molar-refractivity contribution in [2.24, 2.45) is 0 Å². The van der Waals surface area contributed by atoms with E-state index in [0.29, 0.717) is 5.92 Å². The molecule has 1 rings (SSSR count). The Balaban J connectivity index is 3.02. The normalized spacial score (nSPS) is 10.5. The van der Waals surface area contributed by atoms with E-state index in [4.69, 9.17) is 9.47 Å². The lowest BCUT2D eigenvalue weighted by atomic mass is 10.0. The molecule has 2 heteroatoms. The van der Waals surface area contributed by atoms with Crippen molar-refractivity contribution < 1.29 is 9.47 Å². The highest BCUT2D eigenvalue weighted by Crippen LogP contribution is 2.34. The van der Waals surface area contributed by atoms with Gasteiger partial charge in [-0.05, 0) is 24.5 Å². The van der Waals surface area contributed by atoms with Gasteiger partial charge in [0.2, 0.25) is 0 Å². The number of rotatable bonds is 5. The third-order valence-electron chi connectivity index (χ3n) is 2.29. The Labute approximate surface area is 92.2 Å². The summed E-state index contributed by atoms with van der Waals surface area (Å²) < 4.78 is 11.1. The Morgan fingerprint density at radius 2 is 1.87 bits per heavy atom. The second-order valence-electron chi connectivity index (χ2n) is 3.88. The molecule has 0 aliphatic rings. The van der Waals surface area contributed by atoms with Crippen LogP contribution in [0.25, 0.3) is 0 Å². The van der Waals surface area contributed by atoms with Crippen LogP contribution in [0.5, 0.6) is 11.5 Å². The molecule has 0 fully saturated rings. The van der Waals surface area contributed by atoms with E-state index >= 15 is 0 Å². The minimum Gasteiger partial charge on any atom is -0.496 e. The molecule has 0 radical (unpaired) electrons. The van der Waals surface area contributed by atoms with Crippen LogP contribution >= 0.6 is 0 Å². The fourth-order valence-corrected chi connectivity index (χ4v) is 1.61. The molecule has 0 atom stereocenters. The van der Waals surface area contributed by atoms with E-state index in [2.05, 4.69) is 20.8 Å². The molecule has 2 nitrogen and oxygen atoms in total. The lowest BCUT2D eigenvalue weighted by Crippen LogP contribution is -2.02. The molecule has 84 valence electrons. The third kappa shape index (κ3) is 2.88. The largest absolute Gasteiger partial charge is 0.496 e. The number of benzene rings is 1. The molecule has 1 aromatic carbocycles. The van der Waals surface area contributed by atoms with Gasteiger partial charge in [0.25, 0.3) is 0 Å². The molecule has 0 spiro atoms. The third-order valence-corrected chi connectivity index (χ3v) is 2.29. The van der Waals surface area contributed by atoms with Gasteiger partial charge in [0.05, 0.1) is 13.7 Å². The van der Waals surface area contributed by atoms with Gasteiger partial charge in [0, 0.05) is 5.56 Å². The average molecular weight is 208 g/mol. The molecular weight excluding hydrogens is 188 g/mol. The van der Waals surface area contributed by atoms with Crippen molar-refractivity contribution >= 4 is 0 Å². The van der Waals surface area contributed by atoms with E-state index in [9.17, 15) is 0 Å². The SMILES string of the molecule is CCCOc1cccc(OC)c1C(C)C. The van der Waals surface area contributed by atoms with Crippen LogP contribution in [0.3, 0.4) is 0 Å². The summed E-state index contributed by atoms with van der Waals surface area (Å²) in [6, 6.07) is 5.96. The van der Waals surface area contributed by atoms with Gasteiger partial charge in [0.1, 0.15) is 11.5 Å². The first kappa shape index (κ1) is 11.9. The lowest BCUT2D eigenvalue weighted by Gasteiger charge is -2.16. The van der Waals surface area contributed by atoms with Gasteiger partial charge in [-0.15, -0.1) is 0 Å². The molecule has 0 bridgehead atoms. The van der Waals surface area contributed by atoms with Gasteiger partial charge in [-0.3, -0.25) is 0 Å². The molecule has 0 unspecified atom stereocenters. The fraction of sp³-hybridized carbons (Fsp3) is 0.538. The first-order chi connectivity index (χ1) is 7.20. The maximum Gasteiger partial charge on any atom is 0.126 e. The van der Waals surface area contributed by atoms with E-state index in [0.717, 1.165) is 30.1 Å². The number of methoxy groups -OCH3 is 1. The maximum atomic E-state index is 5.71. The predicted octanol–water partition coefficient (Wildman–Crippen LogP) is 3.61. The standard InChI is InChI=1S/C13H20O2/c1-5-9-15-12-8-6-7-11(14-4)13(12)10(2)3/h6-8,10H,5,9H2,1-4H3. The van der Waals surface area contributed by atoms with Crippen molar-refractivity contribution in [3.63, 3.8) is 0 Å². The summed E-state index contributed by atoms with van der Waals surface area (Å²) in [5.74, 6) is 2.28. The molecule has 0 N–H and O–H groups in total. The van der Waals surface area contributed by atoms with Crippen LogP contribution in [-0.2, 0) is 0 Å². The van der Waals surface area contributed by atoms with Gasteiger partial charge in [0.15, 0.2) is 0 Å². The molecule has 0 amide bonds. The molecule has 0 aromatic heterocycles. The van der Waals surface area contributed by atoms with Crippen LogP contribution in [-0.4, -0.2) is 13.7 Å². The molecule has 1 aromatic rings. The monoisotopic (exact) mass is 208 g/mol. The van der Waals surface area contributed by atoms with Crippen LogP contribution in [0.15, 0.2) is 18.2 Å². The Hall–Kier alpha value is -1.18. The highest BCUT2D eigenvalue weighted by Gasteiger charge is 2.13. The zero-order chi connectivity index (χ0) is 11.3. The van der Waals surface area contributed by atoms with Crippen LogP contribution in [0.1, 0.15) is 38.7 Å². The summed E-state index contributed by atoms with van der Waals surface area (Å²) >= 11 is 0. The van der Waals surface area contributed by atoms with Crippen molar-refractivity contribution in [3.8, 4) is 11.5 Å². The van der Waals surface area contributed by atoms with Gasteiger partial charge < -0.3 is 9.47 Å². The van der Waals surface area contributed by atoms with Crippen LogP contribution in [0, 0.1) is 0 Å². The van der Waals surface area contributed by atoms with E-state index in [1.807, 2.05) is 18.2 Å². The molecule has 0 saturated carbocycles. The quantitative estimate of drug-likeness (QED) is 0.736. The second kappa shape index (κ2) is 5.64. The summed E-state index contributed by atoms with van der Waals surface area (Å²) in [6.45, 7) is 7.16. The highest BCUT2D eigenvalue weighted by molar-refractivity contribution is 5.46. The minimum absolute atomic E-state index is 0.410. The van der Waals surface area contributed by atoms with Gasteiger partial charge >= 0.3 is 0 Å². The molecule has 0 saturated heterocycles. The Morgan fingerprint density at radius 1 is 1.20 bits per heavy atom. The smallest absolute Gasteiger partial charge is 0.126 e. The first-order valence-electron chi connectivity index (χ1n) is 5.50. The highest BCUT2D eigenvalue weighted by atomic mass is 16.5. The number of hydrogen-bond donors (Lipinski definition) is 0. The van der Waals surface area contributed by atoms with E-state index in [1.54, 1.807) is 7.11 Å². The van der Waals surface area contributed by atoms with Gasteiger partial charge in [-0.1, -0.05) is 26.8 Å². The van der Waals surface area contributed by atoms with Crippen LogP contribution < -0.4 is 9.47 Å². The molecule has 0 aliphatic carbocycles. The average Bonchev–Trinajstić information content (AvgIpc) is 2.25. The molecule has 0 aliphatic heterocycles. The predicted molar refractivity (Wildman–Crippen MR) is 62.9 cm³/mol. The summed E-state index contributed by atoms with van der Waals surface area (Å²) in [7, 11) is 1.70. The van der Waals surface area contributed by atoms with Crippen molar-refractivity contribution in [1.29, 1.82) is 0 Å². The van der Waals surface area contributed by atoms with Gasteiger partial charge in [-0.25, -0.2) is 0 Å². The summed E-state index contributed by atoms with van der Waals surface area (Å²) in [6.07, 6.45) is 1.02. The maximum absolute atomic E-state index is 5.71. The Kier molecular flexibility index (Phi) is 4.47. The zero-order valence-electron chi connectivity index (χ0n) is 10.0. The van der Waals surface area contributed by atoms with Crippen molar-refractivity contribution in [3.05, 3.63) is 23.8 Å². The Morgan fingerprint density at radius 3 is 2.40 bits per heavy atom. The van der Waals surface area contributed by atoms with E-state index in [-0.39, 0.29) is 0 Å². The van der Waals surface area contributed by atoms with Crippen LogP contribution in [0.4, 0.5) is 0 Å². The number of hydrogen-bond acceptors (Lipinski definition) is 2. The Bertz CT molecular complexity index is 305. The number of ether oxygens (including phenoxy) is 2. The lowest BCUT2D eigenvalue weighted by molar-refractivity contribution is 0.308. The summed E-state index contributed by atoms with van der Waals surface area (Å²) in [5, 5.41) is 0. The summed E-state index contributed by atoms with van der Waals surface area (Å²) in [5.41, 5.74) is 1.16. The van der Waals surface area contributed by atoms with Crippen molar-refractivity contribution in [2.75, 3.05) is 13.7 Å². The zero-order valence-corrected chi connectivity index (χ0v) is 10.0. The molecule has 15 heavy (non-hydrogen) atoms. The van der Waals surface area contributed by atoms with E-state index < -0.39 is 0 Å². The fourth-order valence-electron chi connectivity index (χ4n) is 1.61. The molecular formula is C13H20O2. The second-order valence-corrected chi connectivity index (χ2v) is 3.88. The van der Waals surface area contributed by atoms with Crippen LogP contribution in [0.2, 0.25) is 0 Å². The minimum atomic E-state index is 0.410. The first-order valence-corrected chi connectivity index (χ1v) is 5.50. The van der Waals surface area contributed by atoms with E-state index in [1.165, 1.54) is 0 Å². The van der Waals surface area contributed by atoms with Crippen molar-refractivity contribution in [1.82, 2.24) is 0 Å².